The number of hydrogen-bond acceptors (Lipinski definition) is 3. The Labute approximate surface area is 65.8 Å². The summed E-state index contributed by atoms with van der Waals surface area (Å²) in [6.07, 6.45) is 2.35. The smallest absolute Gasteiger partial charge is 0.138 e. The van der Waals surface area contributed by atoms with Crippen molar-refractivity contribution in [1.29, 1.82) is 0 Å². The predicted molar refractivity (Wildman–Crippen MR) is 44.6 cm³/mol. The van der Waals surface area contributed by atoms with E-state index in [0.29, 0.717) is 11.6 Å². The zero-order valence-electron chi connectivity index (χ0n) is 6.25. The summed E-state index contributed by atoms with van der Waals surface area (Å²) in [4.78, 5) is 0. The molecule has 3 heteroatoms. The molecule has 3 nitrogen and oxygen atoms in total. The topological polar surface area (TPSA) is 45.0 Å². The lowest BCUT2D eigenvalue weighted by Gasteiger charge is -1.85. The second-order valence-electron chi connectivity index (χ2n) is 2.39. The standard InChI is InChI=1S/C8H10N2O/c1-9-10-8(6-11)5-4-7-2-3-7/h7,11H,1-3,6H2/b10-8-. The van der Waals surface area contributed by atoms with Crippen LogP contribution < -0.4 is 0 Å². The van der Waals surface area contributed by atoms with Gasteiger partial charge >= 0.3 is 0 Å². The molecule has 11 heavy (non-hydrogen) atoms. The first-order chi connectivity index (χ1) is 5.36. The minimum Gasteiger partial charge on any atom is -0.389 e. The molecule has 0 heterocycles. The largest absolute Gasteiger partial charge is 0.389 e. The van der Waals surface area contributed by atoms with Crippen LogP contribution in [-0.4, -0.2) is 24.1 Å². The molecule has 1 N–H and O–H groups in total. The first-order valence-corrected chi connectivity index (χ1v) is 3.51. The molecule has 0 saturated heterocycles. The van der Waals surface area contributed by atoms with Crippen molar-refractivity contribution in [3.63, 3.8) is 0 Å². The van der Waals surface area contributed by atoms with Crippen molar-refractivity contribution in [3.05, 3.63) is 0 Å². The molecule has 1 rings (SSSR count). The lowest BCUT2D eigenvalue weighted by molar-refractivity contribution is 0.358. The van der Waals surface area contributed by atoms with Gasteiger partial charge in [0.2, 0.25) is 0 Å². The average molecular weight is 150 g/mol. The summed E-state index contributed by atoms with van der Waals surface area (Å²) >= 11 is 0. The molecule has 1 saturated carbocycles. The molecular weight excluding hydrogens is 140 g/mol. The van der Waals surface area contributed by atoms with E-state index in [1.54, 1.807) is 0 Å². The average Bonchev–Trinajstić information content (AvgIpc) is 2.81. The van der Waals surface area contributed by atoms with Crippen LogP contribution in [0.4, 0.5) is 0 Å². The van der Waals surface area contributed by atoms with Crippen molar-refractivity contribution in [2.75, 3.05) is 6.61 Å². The summed E-state index contributed by atoms with van der Waals surface area (Å²) in [6.45, 7) is 3.02. The van der Waals surface area contributed by atoms with E-state index in [0.717, 1.165) is 0 Å². The van der Waals surface area contributed by atoms with Gasteiger partial charge in [-0.3, -0.25) is 0 Å². The zero-order valence-corrected chi connectivity index (χ0v) is 6.25. The summed E-state index contributed by atoms with van der Waals surface area (Å²) in [5.41, 5.74) is 0.395. The summed E-state index contributed by atoms with van der Waals surface area (Å²) in [7, 11) is 0. The van der Waals surface area contributed by atoms with Gasteiger partial charge in [0.05, 0.1) is 6.61 Å². The van der Waals surface area contributed by atoms with E-state index in [1.165, 1.54) is 12.8 Å². The third-order valence-electron chi connectivity index (χ3n) is 1.34. The Bertz CT molecular complexity index is 230. The SMILES string of the molecule is C=N/N=C(/C#CC1CC1)CO. The maximum atomic E-state index is 8.67. The highest BCUT2D eigenvalue weighted by Gasteiger charge is 2.17. The molecule has 0 radical (unpaired) electrons. The van der Waals surface area contributed by atoms with Crippen LogP contribution in [0.3, 0.4) is 0 Å². The third kappa shape index (κ3) is 2.96. The van der Waals surface area contributed by atoms with Crippen molar-refractivity contribution in [2.24, 2.45) is 16.1 Å². The molecule has 0 aromatic carbocycles. The molecule has 0 aromatic rings. The molecule has 1 aliphatic rings. The molecule has 0 atom stereocenters. The zero-order chi connectivity index (χ0) is 8.10. The van der Waals surface area contributed by atoms with Gasteiger partial charge < -0.3 is 5.11 Å². The Morgan fingerprint density at radius 3 is 2.82 bits per heavy atom. The van der Waals surface area contributed by atoms with E-state index in [1.807, 2.05) is 0 Å². The van der Waals surface area contributed by atoms with Crippen LogP contribution in [0.25, 0.3) is 0 Å². The number of hydrogen-bond donors (Lipinski definition) is 1. The van der Waals surface area contributed by atoms with Crippen molar-refractivity contribution in [3.8, 4) is 11.8 Å². The van der Waals surface area contributed by atoms with Crippen LogP contribution in [0, 0.1) is 17.8 Å². The van der Waals surface area contributed by atoms with Crippen LogP contribution in [-0.2, 0) is 0 Å². The Kier molecular flexibility index (Phi) is 2.82. The van der Waals surface area contributed by atoms with Crippen molar-refractivity contribution < 1.29 is 5.11 Å². The van der Waals surface area contributed by atoms with Gasteiger partial charge in [-0.05, 0) is 18.8 Å². The third-order valence-corrected chi connectivity index (χ3v) is 1.34. The molecule has 0 spiro atoms. The summed E-state index contributed by atoms with van der Waals surface area (Å²) in [5.74, 6) is 6.24. The molecule has 0 aliphatic heterocycles. The second kappa shape index (κ2) is 3.89. The van der Waals surface area contributed by atoms with Crippen molar-refractivity contribution in [1.82, 2.24) is 0 Å². The van der Waals surface area contributed by atoms with Crippen molar-refractivity contribution in [2.45, 2.75) is 12.8 Å². The lowest BCUT2D eigenvalue weighted by Crippen LogP contribution is -1.99. The molecular formula is C8H10N2O. The second-order valence-corrected chi connectivity index (χ2v) is 2.39. The maximum absolute atomic E-state index is 8.67. The van der Waals surface area contributed by atoms with Crippen LogP contribution >= 0.6 is 0 Å². The van der Waals surface area contributed by atoms with Gasteiger partial charge in [-0.2, -0.15) is 5.10 Å². The van der Waals surface area contributed by atoms with E-state index in [4.69, 9.17) is 5.11 Å². The lowest BCUT2D eigenvalue weighted by atomic mass is 10.3. The monoisotopic (exact) mass is 150 g/mol. The van der Waals surface area contributed by atoms with Gasteiger partial charge in [-0.1, -0.05) is 5.92 Å². The highest BCUT2D eigenvalue weighted by Crippen LogP contribution is 2.27. The predicted octanol–water partition coefficient (Wildman–Crippen LogP) is 0.449. The van der Waals surface area contributed by atoms with Gasteiger partial charge in [0, 0.05) is 12.6 Å². The molecule has 1 aliphatic carbocycles. The Balaban J connectivity index is 2.49. The van der Waals surface area contributed by atoms with E-state index in [2.05, 4.69) is 28.8 Å². The first kappa shape index (κ1) is 7.96. The Morgan fingerprint density at radius 1 is 1.64 bits per heavy atom. The quantitative estimate of drug-likeness (QED) is 0.346. The fourth-order valence-corrected chi connectivity index (χ4v) is 0.595. The van der Waals surface area contributed by atoms with Gasteiger partial charge in [0.1, 0.15) is 5.71 Å². The Hall–Kier alpha value is -1.14. The molecule has 0 bridgehead atoms. The highest BCUT2D eigenvalue weighted by atomic mass is 16.3. The molecule has 0 amide bonds. The van der Waals surface area contributed by atoms with Gasteiger partial charge in [0.15, 0.2) is 0 Å². The Morgan fingerprint density at radius 2 is 2.36 bits per heavy atom. The molecule has 0 unspecified atom stereocenters. The van der Waals surface area contributed by atoms with Crippen LogP contribution in [0.2, 0.25) is 0 Å². The first-order valence-electron chi connectivity index (χ1n) is 3.51. The normalized spacial score (nSPS) is 17.0. The van der Waals surface area contributed by atoms with Crippen LogP contribution in [0.1, 0.15) is 12.8 Å². The number of aliphatic hydroxyl groups excluding tert-OH is 1. The minimum atomic E-state index is -0.154. The maximum Gasteiger partial charge on any atom is 0.138 e. The molecule has 58 valence electrons. The molecule has 1 fully saturated rings. The summed E-state index contributed by atoms with van der Waals surface area (Å²) in [5, 5.41) is 15.5. The van der Waals surface area contributed by atoms with Gasteiger partial charge in [0.25, 0.3) is 0 Å². The minimum absolute atomic E-state index is 0.154. The fourth-order valence-electron chi connectivity index (χ4n) is 0.595. The number of nitrogens with zero attached hydrogens (tertiary/aromatic N) is 2. The number of aliphatic hydroxyl groups is 1. The van der Waals surface area contributed by atoms with E-state index < -0.39 is 0 Å². The van der Waals surface area contributed by atoms with E-state index in [-0.39, 0.29) is 6.61 Å². The molecule has 0 aromatic heterocycles. The van der Waals surface area contributed by atoms with E-state index >= 15 is 0 Å². The highest BCUT2D eigenvalue weighted by molar-refractivity contribution is 6.01. The van der Waals surface area contributed by atoms with Crippen LogP contribution in [0.5, 0.6) is 0 Å². The van der Waals surface area contributed by atoms with Gasteiger partial charge in [-0.25, -0.2) is 0 Å². The number of rotatable bonds is 2. The summed E-state index contributed by atoms with van der Waals surface area (Å²) < 4.78 is 0. The van der Waals surface area contributed by atoms with Crippen molar-refractivity contribution >= 4 is 12.4 Å². The summed E-state index contributed by atoms with van der Waals surface area (Å²) in [6, 6.07) is 0. The van der Waals surface area contributed by atoms with Crippen LogP contribution in [0.15, 0.2) is 10.2 Å². The fraction of sp³-hybridized carbons (Fsp3) is 0.500. The van der Waals surface area contributed by atoms with E-state index in [9.17, 15) is 0 Å². The van der Waals surface area contributed by atoms with Gasteiger partial charge in [-0.15, -0.1) is 5.10 Å².